The summed E-state index contributed by atoms with van der Waals surface area (Å²) in [4.78, 5) is 11.2. The smallest absolute Gasteiger partial charge is 0.187 e. The first-order chi connectivity index (χ1) is 16.6. The number of methoxy groups -OCH3 is 1. The molecule has 0 radical (unpaired) electrons. The first kappa shape index (κ1) is 28.7. The highest BCUT2D eigenvalue weighted by Crippen LogP contribution is 2.33. The van der Waals surface area contributed by atoms with Gasteiger partial charge in [-0.1, -0.05) is 6.92 Å². The number of ether oxygens (including phenoxy) is 6. The van der Waals surface area contributed by atoms with Gasteiger partial charge in [-0.25, -0.2) is 0 Å². The molecule has 0 saturated carbocycles. The number of rotatable bonds is 8. The van der Waals surface area contributed by atoms with Crippen LogP contribution < -0.4 is 0 Å². The van der Waals surface area contributed by atoms with Gasteiger partial charge in [0.2, 0.25) is 0 Å². The molecule has 3 fully saturated rings. The van der Waals surface area contributed by atoms with E-state index < -0.39 is 105 Å². The van der Waals surface area contributed by atoms with Crippen LogP contribution in [0.3, 0.4) is 0 Å². The largest absolute Gasteiger partial charge is 0.394 e. The molecule has 3 heterocycles. The fourth-order valence-corrected chi connectivity index (χ4v) is 4.35. The first-order valence-electron chi connectivity index (χ1n) is 11.1. The Kier molecular flexibility index (Phi) is 9.92. The highest BCUT2D eigenvalue weighted by molar-refractivity contribution is 5.57. The van der Waals surface area contributed by atoms with E-state index in [2.05, 4.69) is 0 Å². The number of carbonyl (C=O) groups is 1. The van der Waals surface area contributed by atoms with Crippen LogP contribution in [0.1, 0.15) is 6.92 Å². The molecule has 15 nitrogen and oxygen atoms in total. The van der Waals surface area contributed by atoms with Gasteiger partial charge in [0.05, 0.1) is 19.3 Å². The van der Waals surface area contributed by atoms with Crippen molar-refractivity contribution in [3.8, 4) is 0 Å². The fraction of sp³-hybridized carbons (Fsp3) is 0.950. The fourth-order valence-electron chi connectivity index (χ4n) is 4.35. The van der Waals surface area contributed by atoms with Crippen molar-refractivity contribution >= 4 is 6.29 Å². The molecule has 0 aliphatic carbocycles. The maximum atomic E-state index is 11.2. The van der Waals surface area contributed by atoms with Crippen molar-refractivity contribution in [1.82, 2.24) is 0 Å². The minimum atomic E-state index is -1.82. The molecule has 35 heavy (non-hydrogen) atoms. The summed E-state index contributed by atoms with van der Waals surface area (Å²) >= 11 is 0. The maximum absolute atomic E-state index is 11.2. The SMILES string of the molecule is COC1OC(CO)C(OC2OC(CO)C(OC3OC(C=O)C(O)C(O)C3C)C(O)C2O)C(O)C1O. The molecular weight excluding hydrogens is 480 g/mol. The number of hydrogen-bond acceptors (Lipinski definition) is 15. The maximum Gasteiger partial charge on any atom is 0.187 e. The number of aliphatic hydroxyl groups is 8. The monoisotopic (exact) mass is 514 g/mol. The van der Waals surface area contributed by atoms with Gasteiger partial charge in [-0.2, -0.15) is 0 Å². The van der Waals surface area contributed by atoms with Crippen molar-refractivity contribution in [2.24, 2.45) is 5.92 Å². The molecule has 3 aliphatic rings. The van der Waals surface area contributed by atoms with Crippen molar-refractivity contribution in [1.29, 1.82) is 0 Å². The molecule has 0 aromatic rings. The minimum Gasteiger partial charge on any atom is -0.394 e. The number of hydrogen-bond donors (Lipinski definition) is 8. The van der Waals surface area contributed by atoms with Crippen LogP contribution >= 0.6 is 0 Å². The van der Waals surface area contributed by atoms with Crippen molar-refractivity contribution in [3.05, 3.63) is 0 Å². The lowest BCUT2D eigenvalue weighted by atomic mass is 9.92. The van der Waals surface area contributed by atoms with Crippen molar-refractivity contribution < 1.29 is 74.1 Å². The topological polar surface area (TPSA) is 234 Å². The van der Waals surface area contributed by atoms with Crippen LogP contribution in [-0.2, 0) is 33.2 Å². The predicted octanol–water partition coefficient (Wildman–Crippen LogP) is -5.44. The van der Waals surface area contributed by atoms with Gasteiger partial charge >= 0.3 is 0 Å². The van der Waals surface area contributed by atoms with Gasteiger partial charge in [-0.15, -0.1) is 0 Å². The van der Waals surface area contributed by atoms with Gasteiger partial charge in [-0.05, 0) is 0 Å². The molecule has 0 bridgehead atoms. The van der Waals surface area contributed by atoms with Crippen molar-refractivity contribution in [2.45, 2.75) is 92.9 Å². The van der Waals surface area contributed by atoms with Crippen LogP contribution in [-0.4, -0.2) is 153 Å². The van der Waals surface area contributed by atoms with E-state index in [1.54, 1.807) is 0 Å². The second-order valence-corrected chi connectivity index (χ2v) is 8.80. The van der Waals surface area contributed by atoms with E-state index in [-0.39, 0.29) is 6.29 Å². The quantitative estimate of drug-likeness (QED) is 0.141. The van der Waals surface area contributed by atoms with Gasteiger partial charge in [0.15, 0.2) is 25.2 Å². The number of aliphatic hydroxyl groups excluding tert-OH is 8. The third-order valence-corrected chi connectivity index (χ3v) is 6.54. The van der Waals surface area contributed by atoms with E-state index in [1.165, 1.54) is 14.0 Å². The molecule has 0 spiro atoms. The Morgan fingerprint density at radius 1 is 0.686 bits per heavy atom. The molecule has 15 unspecified atom stereocenters. The highest BCUT2D eigenvalue weighted by Gasteiger charge is 2.53. The van der Waals surface area contributed by atoms with Crippen LogP contribution in [0, 0.1) is 5.92 Å². The first-order valence-corrected chi connectivity index (χ1v) is 11.1. The average molecular weight is 514 g/mol. The van der Waals surface area contributed by atoms with Gasteiger partial charge in [0, 0.05) is 13.0 Å². The van der Waals surface area contributed by atoms with Gasteiger partial charge in [0.25, 0.3) is 0 Å². The molecular formula is C20H34O15. The van der Waals surface area contributed by atoms with E-state index in [9.17, 15) is 45.6 Å². The molecule has 15 heteroatoms. The lowest BCUT2D eigenvalue weighted by Crippen LogP contribution is -2.66. The third kappa shape index (κ3) is 5.68. The average Bonchev–Trinajstić information content (AvgIpc) is 2.86. The minimum absolute atomic E-state index is 0.282. The van der Waals surface area contributed by atoms with Crippen LogP contribution in [0.25, 0.3) is 0 Å². The Balaban J connectivity index is 1.72. The molecule has 3 aliphatic heterocycles. The molecule has 204 valence electrons. The Bertz CT molecular complexity index is 679. The molecule has 3 saturated heterocycles. The predicted molar refractivity (Wildman–Crippen MR) is 108 cm³/mol. The summed E-state index contributed by atoms with van der Waals surface area (Å²) in [5.74, 6) is -0.867. The summed E-state index contributed by atoms with van der Waals surface area (Å²) in [6, 6.07) is 0. The van der Waals surface area contributed by atoms with E-state index >= 15 is 0 Å². The molecule has 0 amide bonds. The number of aldehydes is 1. The molecule has 0 aromatic heterocycles. The Morgan fingerprint density at radius 2 is 1.17 bits per heavy atom. The molecule has 15 atom stereocenters. The molecule has 8 N–H and O–H groups in total. The van der Waals surface area contributed by atoms with Crippen LogP contribution in [0.15, 0.2) is 0 Å². The summed E-state index contributed by atoms with van der Waals surface area (Å²) in [6.45, 7) is 0.0705. The molecule has 0 aromatic carbocycles. The standard InChI is InChI=1S/C20H34O15/c1-6-10(24)11(25)7(3-21)31-18(6)34-16-9(5-23)33-20(15(29)13(16)27)35-17-8(4-22)32-19(30-2)14(28)12(17)26/h3,6-20,22-29H,4-5H2,1-2H3. The van der Waals surface area contributed by atoms with Crippen molar-refractivity contribution in [3.63, 3.8) is 0 Å². The van der Waals surface area contributed by atoms with Gasteiger partial charge in [0.1, 0.15) is 61.0 Å². The molecule has 3 rings (SSSR count). The summed E-state index contributed by atoms with van der Waals surface area (Å²) in [5, 5.41) is 81.5. The van der Waals surface area contributed by atoms with E-state index in [0.29, 0.717) is 0 Å². The van der Waals surface area contributed by atoms with E-state index in [0.717, 1.165) is 0 Å². The second-order valence-electron chi connectivity index (χ2n) is 8.80. The van der Waals surface area contributed by atoms with E-state index in [1.807, 2.05) is 0 Å². The lowest BCUT2D eigenvalue weighted by molar-refractivity contribution is -0.373. The summed E-state index contributed by atoms with van der Waals surface area (Å²) in [6.07, 6.45) is -20.4. The summed E-state index contributed by atoms with van der Waals surface area (Å²) < 4.78 is 32.3. The third-order valence-electron chi connectivity index (χ3n) is 6.54. The van der Waals surface area contributed by atoms with Crippen LogP contribution in [0.4, 0.5) is 0 Å². The van der Waals surface area contributed by atoms with Crippen LogP contribution in [0.5, 0.6) is 0 Å². The zero-order valence-corrected chi connectivity index (χ0v) is 19.1. The second kappa shape index (κ2) is 12.1. The normalized spacial score (nSPS) is 51.2. The zero-order valence-electron chi connectivity index (χ0n) is 19.1. The van der Waals surface area contributed by atoms with E-state index in [4.69, 9.17) is 28.4 Å². The Labute approximate surface area is 200 Å². The summed E-state index contributed by atoms with van der Waals surface area (Å²) in [5.41, 5.74) is 0. The zero-order chi connectivity index (χ0) is 26.0. The number of carbonyl (C=O) groups excluding carboxylic acids is 1. The van der Waals surface area contributed by atoms with Gasteiger partial charge in [-0.3, -0.25) is 0 Å². The highest BCUT2D eigenvalue weighted by atomic mass is 16.8. The lowest BCUT2D eigenvalue weighted by Gasteiger charge is -2.48. The Morgan fingerprint density at radius 3 is 1.66 bits per heavy atom. The van der Waals surface area contributed by atoms with Crippen LogP contribution in [0.2, 0.25) is 0 Å². The van der Waals surface area contributed by atoms with Gasteiger partial charge < -0.3 is 74.1 Å². The van der Waals surface area contributed by atoms with Crippen molar-refractivity contribution in [2.75, 3.05) is 20.3 Å². The summed E-state index contributed by atoms with van der Waals surface area (Å²) in [7, 11) is 1.22. The Hall–Kier alpha value is -0.890.